The van der Waals surface area contributed by atoms with Crippen LogP contribution in [-0.4, -0.2) is 85.0 Å². The second kappa shape index (κ2) is 6.75. The minimum Gasteiger partial charge on any atom is -0.383 e. The van der Waals surface area contributed by atoms with E-state index in [1.165, 1.54) is 9.80 Å². The van der Waals surface area contributed by atoms with Crippen LogP contribution >= 0.6 is 0 Å². The lowest BCUT2D eigenvalue weighted by molar-refractivity contribution is -0.147. The Morgan fingerprint density at radius 1 is 1.33 bits per heavy atom. The Bertz CT molecular complexity index is 428. The third-order valence-corrected chi connectivity index (χ3v) is 4.02. The number of primary amides is 1. The SMILES string of the molecule is COCCN1CCN(C(=O)[C@@H]2CCCN2C(N)=O)CC1=O. The van der Waals surface area contributed by atoms with Gasteiger partial charge in [-0.1, -0.05) is 0 Å². The number of likely N-dealkylation sites (tertiary alicyclic amines) is 1. The fourth-order valence-electron chi connectivity index (χ4n) is 2.83. The molecule has 2 saturated heterocycles. The first-order valence-corrected chi connectivity index (χ1v) is 7.16. The molecule has 0 saturated carbocycles. The molecular weight excluding hydrogens is 276 g/mol. The Kier molecular flexibility index (Phi) is 5.00. The molecule has 0 bridgehead atoms. The molecular formula is C13H22N4O4. The number of nitrogens with zero attached hydrogens (tertiary/aromatic N) is 3. The molecule has 2 fully saturated rings. The summed E-state index contributed by atoms with van der Waals surface area (Å²) >= 11 is 0. The van der Waals surface area contributed by atoms with Crippen molar-refractivity contribution >= 4 is 17.8 Å². The number of hydrogen-bond donors (Lipinski definition) is 1. The van der Waals surface area contributed by atoms with Crippen LogP contribution in [0, 0.1) is 0 Å². The molecule has 2 rings (SSSR count). The van der Waals surface area contributed by atoms with Crippen molar-refractivity contribution in [2.45, 2.75) is 18.9 Å². The molecule has 4 amide bonds. The number of piperazine rings is 1. The summed E-state index contributed by atoms with van der Waals surface area (Å²) in [7, 11) is 1.59. The first kappa shape index (κ1) is 15.6. The molecule has 8 nitrogen and oxygen atoms in total. The summed E-state index contributed by atoms with van der Waals surface area (Å²) in [5, 5.41) is 0. The number of carbonyl (C=O) groups excluding carboxylic acids is 3. The highest BCUT2D eigenvalue weighted by Gasteiger charge is 2.37. The van der Waals surface area contributed by atoms with Crippen molar-refractivity contribution < 1.29 is 19.1 Å². The Labute approximate surface area is 123 Å². The van der Waals surface area contributed by atoms with E-state index >= 15 is 0 Å². The van der Waals surface area contributed by atoms with Crippen molar-refractivity contribution in [3.8, 4) is 0 Å². The third-order valence-electron chi connectivity index (χ3n) is 4.02. The Morgan fingerprint density at radius 2 is 2.10 bits per heavy atom. The van der Waals surface area contributed by atoms with E-state index in [-0.39, 0.29) is 18.4 Å². The Balaban J connectivity index is 1.93. The van der Waals surface area contributed by atoms with E-state index in [4.69, 9.17) is 10.5 Å². The predicted octanol–water partition coefficient (Wildman–Crippen LogP) is -1.15. The molecule has 2 N–H and O–H groups in total. The molecule has 0 aromatic rings. The summed E-state index contributed by atoms with van der Waals surface area (Å²) in [4.78, 5) is 40.4. The number of methoxy groups -OCH3 is 1. The number of ether oxygens (including phenoxy) is 1. The van der Waals surface area contributed by atoms with Crippen molar-refractivity contribution in [2.24, 2.45) is 5.73 Å². The van der Waals surface area contributed by atoms with Crippen LogP contribution in [0.2, 0.25) is 0 Å². The van der Waals surface area contributed by atoms with Gasteiger partial charge >= 0.3 is 6.03 Å². The maximum Gasteiger partial charge on any atom is 0.315 e. The summed E-state index contributed by atoms with van der Waals surface area (Å²) in [6.45, 7) is 2.57. The maximum absolute atomic E-state index is 12.5. The van der Waals surface area contributed by atoms with E-state index in [2.05, 4.69) is 0 Å². The number of nitrogens with two attached hydrogens (primary N) is 1. The van der Waals surface area contributed by atoms with E-state index in [0.717, 1.165) is 6.42 Å². The summed E-state index contributed by atoms with van der Waals surface area (Å²) in [5.74, 6) is -0.263. The molecule has 0 unspecified atom stereocenters. The van der Waals surface area contributed by atoms with Crippen LogP contribution in [0.3, 0.4) is 0 Å². The average molecular weight is 298 g/mol. The largest absolute Gasteiger partial charge is 0.383 e. The van der Waals surface area contributed by atoms with Gasteiger partial charge in [-0.15, -0.1) is 0 Å². The third kappa shape index (κ3) is 3.44. The van der Waals surface area contributed by atoms with E-state index in [1.807, 2.05) is 0 Å². The van der Waals surface area contributed by atoms with E-state index in [1.54, 1.807) is 12.0 Å². The van der Waals surface area contributed by atoms with Crippen molar-refractivity contribution in [2.75, 3.05) is 46.4 Å². The number of rotatable bonds is 4. The minimum absolute atomic E-state index is 0.0612. The lowest BCUT2D eigenvalue weighted by atomic mass is 10.1. The highest BCUT2D eigenvalue weighted by Crippen LogP contribution is 2.20. The molecule has 2 heterocycles. The first-order chi connectivity index (χ1) is 10.0. The van der Waals surface area contributed by atoms with Crippen LogP contribution in [0.25, 0.3) is 0 Å². The van der Waals surface area contributed by atoms with Gasteiger partial charge in [-0.05, 0) is 12.8 Å². The number of hydrogen-bond acceptors (Lipinski definition) is 4. The number of urea groups is 1. The van der Waals surface area contributed by atoms with Gasteiger partial charge in [-0.2, -0.15) is 0 Å². The minimum atomic E-state index is -0.573. The fourth-order valence-corrected chi connectivity index (χ4v) is 2.83. The second-order valence-electron chi connectivity index (χ2n) is 5.32. The summed E-state index contributed by atoms with van der Waals surface area (Å²) in [6, 6.07) is -1.09. The molecule has 0 spiro atoms. The summed E-state index contributed by atoms with van der Waals surface area (Å²) in [5.41, 5.74) is 5.29. The van der Waals surface area contributed by atoms with Crippen LogP contribution in [0.4, 0.5) is 4.79 Å². The highest BCUT2D eigenvalue weighted by molar-refractivity contribution is 5.91. The van der Waals surface area contributed by atoms with E-state index < -0.39 is 12.1 Å². The van der Waals surface area contributed by atoms with Gasteiger partial charge in [-0.3, -0.25) is 9.59 Å². The maximum atomic E-state index is 12.5. The van der Waals surface area contributed by atoms with Gasteiger partial charge < -0.3 is 25.2 Å². The highest BCUT2D eigenvalue weighted by atomic mass is 16.5. The van der Waals surface area contributed by atoms with Crippen molar-refractivity contribution in [3.05, 3.63) is 0 Å². The molecule has 118 valence electrons. The fraction of sp³-hybridized carbons (Fsp3) is 0.769. The van der Waals surface area contributed by atoms with Crippen LogP contribution in [-0.2, 0) is 14.3 Å². The summed E-state index contributed by atoms with van der Waals surface area (Å²) < 4.78 is 4.96. The standard InChI is InChI=1S/C13H22N4O4/c1-21-8-7-15-5-6-16(9-11(15)18)12(19)10-3-2-4-17(10)13(14)20/h10H,2-9H2,1H3,(H2,14,20)/t10-/m0/s1. The van der Waals surface area contributed by atoms with Gasteiger partial charge in [0.2, 0.25) is 11.8 Å². The van der Waals surface area contributed by atoms with Gasteiger partial charge in [0, 0.05) is 33.3 Å². The Hall–Kier alpha value is -1.83. The van der Waals surface area contributed by atoms with Gasteiger partial charge in [0.25, 0.3) is 0 Å². The zero-order valence-electron chi connectivity index (χ0n) is 12.3. The van der Waals surface area contributed by atoms with Crippen molar-refractivity contribution in [3.63, 3.8) is 0 Å². The molecule has 2 aliphatic rings. The van der Waals surface area contributed by atoms with Gasteiger partial charge in [-0.25, -0.2) is 4.79 Å². The second-order valence-corrected chi connectivity index (χ2v) is 5.32. The molecule has 0 radical (unpaired) electrons. The molecule has 0 aromatic carbocycles. The molecule has 8 heteroatoms. The van der Waals surface area contributed by atoms with E-state index in [9.17, 15) is 14.4 Å². The van der Waals surface area contributed by atoms with Gasteiger partial charge in [0.1, 0.15) is 6.04 Å². The molecule has 1 atom stereocenters. The molecule has 0 aromatic heterocycles. The average Bonchev–Trinajstić information content (AvgIpc) is 2.94. The Morgan fingerprint density at radius 3 is 2.71 bits per heavy atom. The lowest BCUT2D eigenvalue weighted by Crippen LogP contribution is -2.57. The van der Waals surface area contributed by atoms with E-state index in [0.29, 0.717) is 39.2 Å². The zero-order chi connectivity index (χ0) is 15.4. The molecule has 21 heavy (non-hydrogen) atoms. The smallest absolute Gasteiger partial charge is 0.315 e. The van der Waals surface area contributed by atoms with Crippen LogP contribution in [0.15, 0.2) is 0 Å². The normalized spacial score (nSPS) is 22.8. The number of carbonyl (C=O) groups is 3. The first-order valence-electron chi connectivity index (χ1n) is 7.16. The quantitative estimate of drug-likeness (QED) is 0.708. The van der Waals surface area contributed by atoms with Gasteiger partial charge in [0.15, 0.2) is 0 Å². The van der Waals surface area contributed by atoms with Crippen molar-refractivity contribution in [1.82, 2.24) is 14.7 Å². The summed E-state index contributed by atoms with van der Waals surface area (Å²) in [6.07, 6.45) is 1.38. The zero-order valence-corrected chi connectivity index (χ0v) is 12.3. The van der Waals surface area contributed by atoms with Crippen LogP contribution < -0.4 is 5.73 Å². The van der Waals surface area contributed by atoms with Crippen LogP contribution in [0.5, 0.6) is 0 Å². The predicted molar refractivity (Wildman–Crippen MR) is 74.3 cm³/mol. The lowest BCUT2D eigenvalue weighted by Gasteiger charge is -2.36. The van der Waals surface area contributed by atoms with Gasteiger partial charge in [0.05, 0.1) is 13.2 Å². The van der Waals surface area contributed by atoms with Crippen LogP contribution in [0.1, 0.15) is 12.8 Å². The number of amides is 4. The molecule has 2 aliphatic heterocycles. The topological polar surface area (TPSA) is 96.2 Å². The monoisotopic (exact) mass is 298 g/mol. The molecule has 0 aliphatic carbocycles. The van der Waals surface area contributed by atoms with Crippen molar-refractivity contribution in [1.29, 1.82) is 0 Å².